The van der Waals surface area contributed by atoms with Gasteiger partial charge in [0.2, 0.25) is 5.91 Å². The number of hydrogen-bond donors (Lipinski definition) is 1. The summed E-state index contributed by atoms with van der Waals surface area (Å²) in [7, 11) is 0. The molecule has 146 valence electrons. The number of fused-ring (bicyclic) bond motifs is 1. The van der Waals surface area contributed by atoms with Crippen LogP contribution in [0.4, 0.5) is 18.9 Å². The zero-order valence-corrected chi connectivity index (χ0v) is 14.9. The van der Waals surface area contributed by atoms with Gasteiger partial charge < -0.3 is 14.4 Å². The van der Waals surface area contributed by atoms with Gasteiger partial charge in [0, 0.05) is 38.2 Å². The zero-order valence-electron chi connectivity index (χ0n) is 14.1. The van der Waals surface area contributed by atoms with Crippen molar-refractivity contribution in [3.8, 4) is 0 Å². The van der Waals surface area contributed by atoms with E-state index in [0.717, 1.165) is 31.9 Å². The summed E-state index contributed by atoms with van der Waals surface area (Å²) in [6.07, 6.45) is -1.80. The normalized spacial score (nSPS) is 22.5. The van der Waals surface area contributed by atoms with Gasteiger partial charge in [-0.1, -0.05) is 0 Å². The topological polar surface area (TPSA) is 74.0 Å². The number of carbonyl (C=O) groups excluding carboxylic acids is 1. The minimum Gasteiger partial charge on any atom is -0.475 e. The summed E-state index contributed by atoms with van der Waals surface area (Å²) in [4.78, 5) is 25.7. The molecule has 2 aliphatic rings. The van der Waals surface area contributed by atoms with Crippen molar-refractivity contribution in [2.45, 2.75) is 12.7 Å². The molecule has 0 aliphatic carbocycles. The number of amides is 1. The molecule has 2 aromatic rings. The molecule has 1 amide bonds. The lowest BCUT2D eigenvalue weighted by Crippen LogP contribution is -2.32. The van der Waals surface area contributed by atoms with Gasteiger partial charge in [-0.2, -0.15) is 24.5 Å². The summed E-state index contributed by atoms with van der Waals surface area (Å²) in [6, 6.07) is 4.03. The number of rotatable bonds is 3. The summed E-state index contributed by atoms with van der Waals surface area (Å²) < 4.78 is 36.8. The average molecular weight is 402 g/mol. The molecule has 0 saturated carbocycles. The third kappa shape index (κ3) is 4.51. The van der Waals surface area contributed by atoms with Crippen molar-refractivity contribution in [2.75, 3.05) is 24.5 Å². The van der Waals surface area contributed by atoms with E-state index in [-0.39, 0.29) is 11.8 Å². The van der Waals surface area contributed by atoms with E-state index < -0.39 is 12.1 Å². The summed E-state index contributed by atoms with van der Waals surface area (Å²) >= 11 is 1.73. The maximum absolute atomic E-state index is 12.5. The van der Waals surface area contributed by atoms with Crippen molar-refractivity contribution in [2.24, 2.45) is 11.8 Å². The van der Waals surface area contributed by atoms with Crippen molar-refractivity contribution in [3.63, 3.8) is 0 Å². The number of hydrogen-bond acceptors (Lipinski definition) is 5. The van der Waals surface area contributed by atoms with E-state index in [1.165, 1.54) is 5.56 Å². The number of anilines is 1. The second-order valence-electron chi connectivity index (χ2n) is 6.43. The van der Waals surface area contributed by atoms with E-state index >= 15 is 0 Å². The van der Waals surface area contributed by atoms with Gasteiger partial charge in [-0.25, -0.2) is 4.79 Å². The lowest BCUT2D eigenvalue weighted by Gasteiger charge is -2.20. The Kier molecular flexibility index (Phi) is 5.56. The predicted octanol–water partition coefficient (Wildman–Crippen LogP) is 3.07. The highest BCUT2D eigenvalue weighted by Crippen LogP contribution is 2.35. The first-order valence-corrected chi connectivity index (χ1v) is 9.07. The molecular weight excluding hydrogens is 385 g/mol. The Morgan fingerprint density at radius 3 is 2.56 bits per heavy atom. The number of aliphatic carboxylic acids is 1. The van der Waals surface area contributed by atoms with Crippen molar-refractivity contribution in [1.29, 1.82) is 0 Å². The van der Waals surface area contributed by atoms with Crippen molar-refractivity contribution >= 4 is 28.9 Å². The molecule has 0 spiro atoms. The smallest absolute Gasteiger partial charge is 0.475 e. The average Bonchev–Trinajstić information content (AvgIpc) is 3.35. The molecule has 4 rings (SSSR count). The van der Waals surface area contributed by atoms with E-state index in [2.05, 4.69) is 21.7 Å². The first-order valence-electron chi connectivity index (χ1n) is 8.13. The molecule has 0 unspecified atom stereocenters. The molecule has 2 atom stereocenters. The number of thiophene rings is 1. The Labute approximate surface area is 156 Å². The highest BCUT2D eigenvalue weighted by Gasteiger charge is 2.46. The van der Waals surface area contributed by atoms with E-state index in [1.807, 2.05) is 11.0 Å². The molecule has 27 heavy (non-hydrogen) atoms. The van der Waals surface area contributed by atoms with Crippen LogP contribution < -0.4 is 4.90 Å². The SMILES string of the molecule is O=C(O)C(F)(F)F.O=C1[C@H]2CN(Cc3ccsc3)C[C@H]2CN1c1ccoc1. The number of halogens is 3. The third-order valence-electron chi connectivity index (χ3n) is 4.56. The van der Waals surface area contributed by atoms with E-state index in [4.69, 9.17) is 14.3 Å². The first-order chi connectivity index (χ1) is 12.8. The zero-order chi connectivity index (χ0) is 19.6. The minimum absolute atomic E-state index is 0.156. The third-order valence-corrected chi connectivity index (χ3v) is 5.30. The fourth-order valence-corrected chi connectivity index (χ4v) is 4.02. The molecule has 4 heterocycles. The van der Waals surface area contributed by atoms with Crippen LogP contribution in [-0.4, -0.2) is 47.7 Å². The van der Waals surface area contributed by atoms with Gasteiger partial charge in [-0.05, 0) is 22.4 Å². The monoisotopic (exact) mass is 402 g/mol. The summed E-state index contributed by atoms with van der Waals surface area (Å²) in [6.45, 7) is 3.69. The Morgan fingerprint density at radius 2 is 2.04 bits per heavy atom. The second kappa shape index (κ2) is 7.73. The Hall–Kier alpha value is -2.33. The van der Waals surface area contributed by atoms with Crippen LogP contribution in [0.15, 0.2) is 39.8 Å². The molecule has 0 radical (unpaired) electrons. The van der Waals surface area contributed by atoms with E-state index in [9.17, 15) is 18.0 Å². The Balaban J connectivity index is 0.000000260. The summed E-state index contributed by atoms with van der Waals surface area (Å²) in [5.74, 6) is -1.89. The quantitative estimate of drug-likeness (QED) is 0.854. The fraction of sp³-hybridized carbons (Fsp3) is 0.412. The number of nitrogens with zero attached hydrogens (tertiary/aromatic N) is 2. The van der Waals surface area contributed by atoms with Crippen LogP contribution in [0.25, 0.3) is 0 Å². The van der Waals surface area contributed by atoms with Gasteiger partial charge in [-0.15, -0.1) is 0 Å². The molecule has 2 fully saturated rings. The molecule has 2 aromatic heterocycles. The minimum atomic E-state index is -5.08. The first kappa shape index (κ1) is 19.4. The van der Waals surface area contributed by atoms with Gasteiger partial charge in [0.1, 0.15) is 6.26 Å². The maximum Gasteiger partial charge on any atom is 0.490 e. The molecule has 1 N–H and O–H groups in total. The Bertz CT molecular complexity index is 777. The number of alkyl halides is 3. The van der Waals surface area contributed by atoms with Gasteiger partial charge in [0.15, 0.2) is 0 Å². The standard InChI is InChI=1S/C15H16N2O2S.C2HF3O2/c18-15-14-8-16(5-11-2-4-20-10-11)6-12(14)7-17(15)13-1-3-19-9-13;3-2(4,5)1(6)7/h1-4,9-10,12,14H,5-8H2;(H,6,7)/t12-,14-;/m0./s1. The molecule has 2 saturated heterocycles. The number of carboxylic acids is 1. The number of likely N-dealkylation sites (tertiary alicyclic amines) is 1. The fourth-order valence-electron chi connectivity index (χ4n) is 3.36. The number of furan rings is 1. The van der Waals surface area contributed by atoms with Crippen LogP contribution in [0.5, 0.6) is 0 Å². The van der Waals surface area contributed by atoms with Gasteiger partial charge in [0.05, 0.1) is 17.9 Å². The molecule has 2 aliphatic heterocycles. The number of carboxylic acid groups (broad SMARTS) is 1. The Morgan fingerprint density at radius 1 is 1.30 bits per heavy atom. The van der Waals surface area contributed by atoms with Crippen molar-refractivity contribution < 1.29 is 32.3 Å². The van der Waals surface area contributed by atoms with Crippen LogP contribution in [0.1, 0.15) is 5.56 Å². The van der Waals surface area contributed by atoms with Crippen LogP contribution in [0.3, 0.4) is 0 Å². The predicted molar refractivity (Wildman–Crippen MR) is 91.3 cm³/mol. The second-order valence-corrected chi connectivity index (χ2v) is 7.21. The van der Waals surface area contributed by atoms with E-state index in [1.54, 1.807) is 23.9 Å². The molecule has 0 bridgehead atoms. The van der Waals surface area contributed by atoms with Crippen LogP contribution in [0.2, 0.25) is 0 Å². The highest BCUT2D eigenvalue weighted by atomic mass is 32.1. The highest BCUT2D eigenvalue weighted by molar-refractivity contribution is 7.07. The van der Waals surface area contributed by atoms with Crippen LogP contribution in [0, 0.1) is 11.8 Å². The summed E-state index contributed by atoms with van der Waals surface area (Å²) in [5.41, 5.74) is 2.25. The van der Waals surface area contributed by atoms with Crippen molar-refractivity contribution in [1.82, 2.24) is 4.90 Å². The summed E-state index contributed by atoms with van der Waals surface area (Å²) in [5, 5.41) is 11.4. The van der Waals surface area contributed by atoms with E-state index in [0.29, 0.717) is 5.92 Å². The molecule has 6 nitrogen and oxygen atoms in total. The molecule has 0 aromatic carbocycles. The largest absolute Gasteiger partial charge is 0.490 e. The number of carbonyl (C=O) groups is 2. The molecule has 10 heteroatoms. The van der Waals surface area contributed by atoms with Gasteiger partial charge in [0.25, 0.3) is 0 Å². The lowest BCUT2D eigenvalue weighted by molar-refractivity contribution is -0.192. The van der Waals surface area contributed by atoms with Crippen molar-refractivity contribution in [3.05, 3.63) is 41.0 Å². The maximum atomic E-state index is 12.5. The van der Waals surface area contributed by atoms with Gasteiger partial charge in [-0.3, -0.25) is 9.69 Å². The lowest BCUT2D eigenvalue weighted by atomic mass is 10.0. The van der Waals surface area contributed by atoms with Crippen LogP contribution >= 0.6 is 11.3 Å². The van der Waals surface area contributed by atoms with Gasteiger partial charge >= 0.3 is 12.1 Å². The molecular formula is C17H17F3N2O4S. The van der Waals surface area contributed by atoms with Crippen LogP contribution in [-0.2, 0) is 16.1 Å².